The van der Waals surface area contributed by atoms with Gasteiger partial charge in [0.05, 0.1) is 16.4 Å². The maximum atomic E-state index is 6.02. The van der Waals surface area contributed by atoms with Crippen molar-refractivity contribution in [1.29, 1.82) is 0 Å². The van der Waals surface area contributed by atoms with E-state index in [9.17, 15) is 0 Å². The van der Waals surface area contributed by atoms with Gasteiger partial charge in [-0.05, 0) is 30.9 Å². The van der Waals surface area contributed by atoms with Gasteiger partial charge in [-0.2, -0.15) is 0 Å². The van der Waals surface area contributed by atoms with Crippen LogP contribution in [-0.4, -0.2) is 38.7 Å². The Balaban J connectivity index is 1.48. The Morgan fingerprint density at radius 3 is 2.92 bits per heavy atom. The molecule has 6 heteroatoms. The second-order valence-electron chi connectivity index (χ2n) is 6.42. The van der Waals surface area contributed by atoms with Crippen LogP contribution in [0.2, 0.25) is 5.02 Å². The van der Waals surface area contributed by atoms with E-state index in [1.807, 2.05) is 18.5 Å². The molecule has 0 bridgehead atoms. The number of halogens is 1. The quantitative estimate of drug-likeness (QED) is 0.861. The lowest BCUT2D eigenvalue weighted by Crippen LogP contribution is -2.31. The predicted octanol–water partition coefficient (Wildman–Crippen LogP) is 3.06. The molecular weight excluding hydrogens is 322 g/mol. The third-order valence-electron chi connectivity index (χ3n) is 4.56. The number of rotatable bonds is 3. The highest BCUT2D eigenvalue weighted by Crippen LogP contribution is 2.20. The maximum absolute atomic E-state index is 6.02. The van der Waals surface area contributed by atoms with E-state index >= 15 is 0 Å². The van der Waals surface area contributed by atoms with Crippen molar-refractivity contribution in [1.82, 2.24) is 19.9 Å². The SMILES string of the molecule is Clc1cncc(CN2CCc3nc(C4=NCCCC4)ncc3C2)c1. The van der Waals surface area contributed by atoms with Gasteiger partial charge in [0.2, 0.25) is 0 Å². The average Bonchev–Trinajstić information content (AvgIpc) is 2.62. The largest absolute Gasteiger partial charge is 0.294 e. The summed E-state index contributed by atoms with van der Waals surface area (Å²) in [6, 6.07) is 1.98. The number of hydrogen-bond acceptors (Lipinski definition) is 5. The van der Waals surface area contributed by atoms with Crippen molar-refractivity contribution in [2.75, 3.05) is 13.1 Å². The van der Waals surface area contributed by atoms with E-state index in [2.05, 4.69) is 19.9 Å². The Labute approximate surface area is 146 Å². The van der Waals surface area contributed by atoms with E-state index in [1.54, 1.807) is 6.20 Å². The zero-order valence-corrected chi connectivity index (χ0v) is 14.3. The summed E-state index contributed by atoms with van der Waals surface area (Å²) in [4.78, 5) is 20.5. The third kappa shape index (κ3) is 3.47. The summed E-state index contributed by atoms with van der Waals surface area (Å²) in [5, 5.41) is 0.686. The normalized spacial score (nSPS) is 18.1. The van der Waals surface area contributed by atoms with Crippen LogP contribution >= 0.6 is 11.6 Å². The number of hydrogen-bond donors (Lipinski definition) is 0. The number of nitrogens with zero attached hydrogens (tertiary/aromatic N) is 5. The zero-order chi connectivity index (χ0) is 16.4. The number of pyridine rings is 1. The molecule has 2 aromatic heterocycles. The van der Waals surface area contributed by atoms with Gasteiger partial charge in [0.25, 0.3) is 0 Å². The summed E-state index contributed by atoms with van der Waals surface area (Å²) in [6.07, 6.45) is 9.86. The van der Waals surface area contributed by atoms with E-state index in [4.69, 9.17) is 16.6 Å². The van der Waals surface area contributed by atoms with Crippen molar-refractivity contribution >= 4 is 17.3 Å². The summed E-state index contributed by atoms with van der Waals surface area (Å²) in [5.74, 6) is 0.834. The molecule has 0 unspecified atom stereocenters. The minimum atomic E-state index is 0.686. The first-order valence-corrected chi connectivity index (χ1v) is 8.86. The second kappa shape index (κ2) is 6.95. The molecule has 0 aromatic carbocycles. The van der Waals surface area contributed by atoms with Gasteiger partial charge >= 0.3 is 0 Å². The molecule has 4 rings (SSSR count). The molecular formula is C18H20ClN5. The molecule has 0 saturated heterocycles. The second-order valence-corrected chi connectivity index (χ2v) is 6.86. The van der Waals surface area contributed by atoms with E-state index < -0.39 is 0 Å². The van der Waals surface area contributed by atoms with Crippen LogP contribution in [0.3, 0.4) is 0 Å². The summed E-state index contributed by atoms with van der Waals surface area (Å²) in [5.41, 5.74) is 4.61. The van der Waals surface area contributed by atoms with Crippen LogP contribution in [0.15, 0.2) is 29.6 Å². The van der Waals surface area contributed by atoms with Gasteiger partial charge in [-0.3, -0.25) is 14.9 Å². The van der Waals surface area contributed by atoms with Crippen molar-refractivity contribution < 1.29 is 0 Å². The summed E-state index contributed by atoms with van der Waals surface area (Å²) in [7, 11) is 0. The van der Waals surface area contributed by atoms with E-state index in [1.165, 1.54) is 24.1 Å². The molecule has 2 aliphatic rings. The Hall–Kier alpha value is -1.85. The van der Waals surface area contributed by atoms with Crippen LogP contribution in [0.5, 0.6) is 0 Å². The first kappa shape index (κ1) is 15.7. The smallest absolute Gasteiger partial charge is 0.173 e. The molecule has 24 heavy (non-hydrogen) atoms. The number of aliphatic imine (C=N–C) groups is 1. The molecule has 0 amide bonds. The lowest BCUT2D eigenvalue weighted by molar-refractivity contribution is 0.242. The molecule has 4 heterocycles. The van der Waals surface area contributed by atoms with Gasteiger partial charge in [0.15, 0.2) is 5.82 Å². The Morgan fingerprint density at radius 1 is 1.12 bits per heavy atom. The van der Waals surface area contributed by atoms with Crippen molar-refractivity contribution in [3.63, 3.8) is 0 Å². The molecule has 0 atom stereocenters. The Morgan fingerprint density at radius 2 is 2.08 bits per heavy atom. The summed E-state index contributed by atoms with van der Waals surface area (Å²) < 4.78 is 0. The molecule has 0 N–H and O–H groups in total. The lowest BCUT2D eigenvalue weighted by atomic mass is 10.0. The lowest BCUT2D eigenvalue weighted by Gasteiger charge is -2.28. The van der Waals surface area contributed by atoms with Gasteiger partial charge in [-0.15, -0.1) is 0 Å². The van der Waals surface area contributed by atoms with E-state index in [0.717, 1.165) is 56.1 Å². The van der Waals surface area contributed by atoms with Gasteiger partial charge in [-0.1, -0.05) is 11.6 Å². The predicted molar refractivity (Wildman–Crippen MR) is 94.4 cm³/mol. The van der Waals surface area contributed by atoms with E-state index in [-0.39, 0.29) is 0 Å². The van der Waals surface area contributed by atoms with Gasteiger partial charge < -0.3 is 0 Å². The molecule has 0 fully saturated rings. The monoisotopic (exact) mass is 341 g/mol. The third-order valence-corrected chi connectivity index (χ3v) is 4.77. The number of fused-ring (bicyclic) bond motifs is 1. The highest BCUT2D eigenvalue weighted by Gasteiger charge is 2.20. The van der Waals surface area contributed by atoms with E-state index in [0.29, 0.717) is 5.02 Å². The van der Waals surface area contributed by atoms with Gasteiger partial charge in [-0.25, -0.2) is 9.97 Å². The van der Waals surface area contributed by atoms with Crippen LogP contribution in [-0.2, 0) is 19.5 Å². The molecule has 2 aliphatic heterocycles. The van der Waals surface area contributed by atoms with Crippen LogP contribution in [0.25, 0.3) is 0 Å². The zero-order valence-electron chi connectivity index (χ0n) is 13.6. The van der Waals surface area contributed by atoms with Crippen molar-refractivity contribution in [2.24, 2.45) is 4.99 Å². The average molecular weight is 342 g/mol. The van der Waals surface area contributed by atoms with Crippen LogP contribution < -0.4 is 0 Å². The van der Waals surface area contributed by atoms with Crippen LogP contribution in [0, 0.1) is 0 Å². The summed E-state index contributed by atoms with van der Waals surface area (Å²) >= 11 is 6.02. The molecule has 0 aliphatic carbocycles. The Kier molecular flexibility index (Phi) is 4.54. The molecule has 5 nitrogen and oxygen atoms in total. The molecule has 2 aromatic rings. The summed E-state index contributed by atoms with van der Waals surface area (Å²) in [6.45, 7) is 3.62. The highest BCUT2D eigenvalue weighted by molar-refractivity contribution is 6.30. The molecule has 124 valence electrons. The Bertz CT molecular complexity index is 774. The fourth-order valence-electron chi connectivity index (χ4n) is 3.33. The fourth-order valence-corrected chi connectivity index (χ4v) is 3.53. The fraction of sp³-hybridized carbons (Fsp3) is 0.444. The first-order chi connectivity index (χ1) is 11.8. The van der Waals surface area contributed by atoms with Crippen molar-refractivity contribution in [3.05, 3.63) is 52.3 Å². The van der Waals surface area contributed by atoms with Crippen LogP contribution in [0.1, 0.15) is 41.9 Å². The minimum Gasteiger partial charge on any atom is -0.294 e. The van der Waals surface area contributed by atoms with Crippen LogP contribution in [0.4, 0.5) is 0 Å². The van der Waals surface area contributed by atoms with Crippen molar-refractivity contribution in [2.45, 2.75) is 38.8 Å². The molecule has 0 spiro atoms. The molecule has 0 saturated carbocycles. The topological polar surface area (TPSA) is 54.3 Å². The standard InChI is InChI=1S/C18H20ClN5/c19-15-7-13(8-20-10-15)11-24-6-4-16-14(12-24)9-22-18(23-16)17-3-1-2-5-21-17/h7-10H,1-6,11-12H2. The highest BCUT2D eigenvalue weighted by atomic mass is 35.5. The maximum Gasteiger partial charge on any atom is 0.173 e. The van der Waals surface area contributed by atoms with Gasteiger partial charge in [0.1, 0.15) is 0 Å². The number of aromatic nitrogens is 3. The van der Waals surface area contributed by atoms with Gasteiger partial charge in [0, 0.05) is 56.8 Å². The first-order valence-electron chi connectivity index (χ1n) is 8.48. The molecule has 0 radical (unpaired) electrons. The van der Waals surface area contributed by atoms with Crippen molar-refractivity contribution in [3.8, 4) is 0 Å². The minimum absolute atomic E-state index is 0.686.